The molecule has 0 bridgehead atoms. The molecule has 0 aliphatic carbocycles. The summed E-state index contributed by atoms with van der Waals surface area (Å²) in [4.78, 5) is 0. The van der Waals surface area contributed by atoms with Gasteiger partial charge in [0, 0.05) is 18.7 Å². The number of ether oxygens (including phenoxy) is 2. The molecule has 0 spiro atoms. The summed E-state index contributed by atoms with van der Waals surface area (Å²) in [6.07, 6.45) is 0.817. The minimum absolute atomic E-state index is 0.569. The lowest BCUT2D eigenvalue weighted by Crippen LogP contribution is -2.08. The number of aliphatic hydroxyl groups excluding tert-OH is 1. The molecule has 5 nitrogen and oxygen atoms in total. The number of aromatic nitrogens is 2. The van der Waals surface area contributed by atoms with E-state index in [1.807, 2.05) is 0 Å². The Balaban J connectivity index is 2.47. The van der Waals surface area contributed by atoms with E-state index < -0.39 is 6.10 Å². The highest BCUT2D eigenvalue weighted by molar-refractivity contribution is 9.10. The molecule has 102 valence electrons. The van der Waals surface area contributed by atoms with Crippen molar-refractivity contribution in [1.82, 2.24) is 9.78 Å². The molecule has 1 aromatic heterocycles. The van der Waals surface area contributed by atoms with Gasteiger partial charge in [0.1, 0.15) is 17.6 Å². The summed E-state index contributed by atoms with van der Waals surface area (Å²) in [6, 6.07) is 5.30. The van der Waals surface area contributed by atoms with Gasteiger partial charge in [0.15, 0.2) is 0 Å². The zero-order chi connectivity index (χ0) is 14.0. The molecule has 2 aromatic rings. The van der Waals surface area contributed by atoms with Crippen LogP contribution >= 0.6 is 15.9 Å². The smallest absolute Gasteiger partial charge is 0.128 e. The van der Waals surface area contributed by atoms with Crippen molar-refractivity contribution in [1.29, 1.82) is 0 Å². The molecule has 0 amide bonds. The van der Waals surface area contributed by atoms with Crippen LogP contribution < -0.4 is 9.47 Å². The number of aliphatic hydroxyl groups is 1. The highest BCUT2D eigenvalue weighted by Gasteiger charge is 2.21. The van der Waals surface area contributed by atoms with Gasteiger partial charge in [-0.2, -0.15) is 5.10 Å². The van der Waals surface area contributed by atoms with Crippen LogP contribution in [-0.2, 0) is 7.05 Å². The molecule has 19 heavy (non-hydrogen) atoms. The monoisotopic (exact) mass is 326 g/mol. The highest BCUT2D eigenvalue weighted by atomic mass is 79.9. The molecule has 1 N–H and O–H groups in total. The first-order valence-electron chi connectivity index (χ1n) is 5.66. The molecule has 0 aliphatic rings. The summed E-state index contributed by atoms with van der Waals surface area (Å²) >= 11 is 3.38. The lowest BCUT2D eigenvalue weighted by Gasteiger charge is -2.16. The van der Waals surface area contributed by atoms with Crippen LogP contribution in [0.15, 0.2) is 28.9 Å². The van der Waals surface area contributed by atoms with Gasteiger partial charge in [-0.1, -0.05) is 0 Å². The number of rotatable bonds is 4. The minimum Gasteiger partial charge on any atom is -0.497 e. The van der Waals surface area contributed by atoms with E-state index in [0.29, 0.717) is 22.8 Å². The summed E-state index contributed by atoms with van der Waals surface area (Å²) < 4.78 is 12.8. The average Bonchev–Trinajstić information content (AvgIpc) is 2.76. The third kappa shape index (κ3) is 2.59. The first-order valence-corrected chi connectivity index (χ1v) is 6.45. The highest BCUT2D eigenvalue weighted by Crippen LogP contribution is 2.35. The second-order valence-corrected chi connectivity index (χ2v) is 4.87. The van der Waals surface area contributed by atoms with Crippen molar-refractivity contribution in [3.8, 4) is 11.5 Å². The summed E-state index contributed by atoms with van der Waals surface area (Å²) in [5, 5.41) is 14.6. The lowest BCUT2D eigenvalue weighted by atomic mass is 10.1. The summed E-state index contributed by atoms with van der Waals surface area (Å²) in [6.45, 7) is 0. The summed E-state index contributed by atoms with van der Waals surface area (Å²) in [5.74, 6) is 1.25. The Morgan fingerprint density at radius 3 is 2.58 bits per heavy atom. The molecule has 1 unspecified atom stereocenters. The standard InChI is InChI=1S/C13H15BrN2O3/c1-16-12(10(14)7-15-16)13(17)9-5-4-8(18-2)6-11(9)19-3/h4-7,13,17H,1-3H3. The molecule has 1 atom stereocenters. The van der Waals surface area contributed by atoms with Crippen molar-refractivity contribution >= 4 is 15.9 Å². The Morgan fingerprint density at radius 2 is 2.05 bits per heavy atom. The first kappa shape index (κ1) is 13.9. The van der Waals surface area contributed by atoms with Crippen LogP contribution in [0.5, 0.6) is 11.5 Å². The summed E-state index contributed by atoms with van der Waals surface area (Å²) in [7, 11) is 4.92. The Labute approximate surface area is 119 Å². The van der Waals surface area contributed by atoms with E-state index in [1.165, 1.54) is 0 Å². The van der Waals surface area contributed by atoms with E-state index in [0.717, 1.165) is 4.47 Å². The molecule has 0 saturated heterocycles. The topological polar surface area (TPSA) is 56.5 Å². The second-order valence-electron chi connectivity index (χ2n) is 4.01. The molecule has 0 aliphatic heterocycles. The fourth-order valence-electron chi connectivity index (χ4n) is 1.92. The molecule has 0 radical (unpaired) electrons. The van der Waals surface area contributed by atoms with Crippen LogP contribution in [0.3, 0.4) is 0 Å². The Hall–Kier alpha value is -1.53. The van der Waals surface area contributed by atoms with Crippen LogP contribution in [0.2, 0.25) is 0 Å². The normalized spacial score (nSPS) is 12.3. The largest absolute Gasteiger partial charge is 0.497 e. The van der Waals surface area contributed by atoms with Crippen LogP contribution in [0.1, 0.15) is 17.4 Å². The molecule has 1 heterocycles. The maximum Gasteiger partial charge on any atom is 0.128 e. The molecule has 6 heteroatoms. The van der Waals surface area contributed by atoms with E-state index in [4.69, 9.17) is 9.47 Å². The van der Waals surface area contributed by atoms with Crippen LogP contribution in [0, 0.1) is 0 Å². The molecule has 0 saturated carbocycles. The van der Waals surface area contributed by atoms with Crippen molar-refractivity contribution in [2.24, 2.45) is 7.05 Å². The third-order valence-corrected chi connectivity index (χ3v) is 3.54. The third-order valence-electron chi connectivity index (χ3n) is 2.93. The van der Waals surface area contributed by atoms with Gasteiger partial charge in [0.2, 0.25) is 0 Å². The number of methoxy groups -OCH3 is 2. The zero-order valence-corrected chi connectivity index (χ0v) is 12.5. The van der Waals surface area contributed by atoms with Gasteiger partial charge >= 0.3 is 0 Å². The van der Waals surface area contributed by atoms with E-state index in [2.05, 4.69) is 21.0 Å². The fourth-order valence-corrected chi connectivity index (χ4v) is 2.48. The van der Waals surface area contributed by atoms with Crippen LogP contribution in [0.4, 0.5) is 0 Å². The van der Waals surface area contributed by atoms with E-state index in [-0.39, 0.29) is 0 Å². The number of nitrogens with zero attached hydrogens (tertiary/aromatic N) is 2. The van der Waals surface area contributed by atoms with Gasteiger partial charge < -0.3 is 14.6 Å². The number of hydrogen-bond acceptors (Lipinski definition) is 4. The number of benzene rings is 1. The first-order chi connectivity index (χ1) is 9.08. The van der Waals surface area contributed by atoms with Gasteiger partial charge in [-0.15, -0.1) is 0 Å². The number of aryl methyl sites for hydroxylation is 1. The number of halogens is 1. The van der Waals surface area contributed by atoms with E-state index in [9.17, 15) is 5.11 Å². The van der Waals surface area contributed by atoms with Gasteiger partial charge in [-0.25, -0.2) is 0 Å². The molecular formula is C13H15BrN2O3. The molecular weight excluding hydrogens is 312 g/mol. The lowest BCUT2D eigenvalue weighted by molar-refractivity contribution is 0.203. The predicted octanol–water partition coefficient (Wildman–Crippen LogP) is 2.28. The number of hydrogen-bond donors (Lipinski definition) is 1. The fraction of sp³-hybridized carbons (Fsp3) is 0.308. The Kier molecular flexibility index (Phi) is 4.11. The van der Waals surface area contributed by atoms with Gasteiger partial charge in [-0.05, 0) is 28.1 Å². The van der Waals surface area contributed by atoms with Crippen molar-refractivity contribution in [3.05, 3.63) is 40.1 Å². The summed E-state index contributed by atoms with van der Waals surface area (Å²) in [5.41, 5.74) is 1.33. The van der Waals surface area contributed by atoms with Gasteiger partial charge in [0.25, 0.3) is 0 Å². The van der Waals surface area contributed by atoms with Crippen LogP contribution in [-0.4, -0.2) is 29.1 Å². The second kappa shape index (κ2) is 5.63. The predicted molar refractivity (Wildman–Crippen MR) is 74.5 cm³/mol. The average molecular weight is 327 g/mol. The Bertz CT molecular complexity index is 564. The minimum atomic E-state index is -0.831. The van der Waals surface area contributed by atoms with Crippen molar-refractivity contribution in [2.45, 2.75) is 6.10 Å². The van der Waals surface area contributed by atoms with Crippen molar-refractivity contribution < 1.29 is 14.6 Å². The zero-order valence-electron chi connectivity index (χ0n) is 10.9. The van der Waals surface area contributed by atoms with Crippen LogP contribution in [0.25, 0.3) is 0 Å². The van der Waals surface area contributed by atoms with Crippen molar-refractivity contribution in [3.63, 3.8) is 0 Å². The quantitative estimate of drug-likeness (QED) is 0.936. The van der Waals surface area contributed by atoms with Crippen molar-refractivity contribution in [2.75, 3.05) is 14.2 Å². The molecule has 0 fully saturated rings. The molecule has 1 aromatic carbocycles. The maximum atomic E-state index is 10.5. The van der Waals surface area contributed by atoms with E-state index >= 15 is 0 Å². The van der Waals surface area contributed by atoms with Gasteiger partial charge in [-0.3, -0.25) is 4.68 Å². The maximum absolute atomic E-state index is 10.5. The molecule has 2 rings (SSSR count). The SMILES string of the molecule is COc1ccc(C(O)c2c(Br)cnn2C)c(OC)c1. The Morgan fingerprint density at radius 1 is 1.32 bits per heavy atom. The van der Waals surface area contributed by atoms with Gasteiger partial charge in [0.05, 0.1) is 30.6 Å². The van der Waals surface area contributed by atoms with E-state index in [1.54, 1.807) is 50.3 Å².